The molecular formula is C24H36N6O2. The molecule has 2 N–H and O–H groups in total. The zero-order valence-electron chi connectivity index (χ0n) is 19.9. The Morgan fingerprint density at radius 3 is 2.62 bits per heavy atom. The van der Waals surface area contributed by atoms with E-state index in [2.05, 4.69) is 43.9 Å². The molecule has 0 radical (unpaired) electrons. The van der Waals surface area contributed by atoms with Crippen LogP contribution >= 0.6 is 0 Å². The summed E-state index contributed by atoms with van der Waals surface area (Å²) < 4.78 is 5.64. The lowest BCUT2D eigenvalue weighted by atomic mass is 10.1. The molecule has 0 saturated carbocycles. The molecule has 0 saturated heterocycles. The van der Waals surface area contributed by atoms with Gasteiger partial charge < -0.3 is 25.2 Å². The summed E-state index contributed by atoms with van der Waals surface area (Å²) in [6.45, 7) is 7.39. The van der Waals surface area contributed by atoms with Crippen molar-refractivity contribution in [3.8, 4) is 5.75 Å². The summed E-state index contributed by atoms with van der Waals surface area (Å²) in [5.74, 6) is 0.845. The maximum atomic E-state index is 12.1. The van der Waals surface area contributed by atoms with Crippen LogP contribution in [-0.2, 0) is 11.2 Å². The highest BCUT2D eigenvalue weighted by Crippen LogP contribution is 2.37. The lowest BCUT2D eigenvalue weighted by Gasteiger charge is -2.26. The average molecular weight is 441 g/mol. The molecule has 0 fully saturated rings. The van der Waals surface area contributed by atoms with Crippen molar-refractivity contribution in [3.05, 3.63) is 42.7 Å². The van der Waals surface area contributed by atoms with Crippen LogP contribution in [0.4, 0.5) is 23.0 Å². The second-order valence-electron chi connectivity index (χ2n) is 7.94. The number of nitrogens with zero attached hydrogens (tertiary/aromatic N) is 4. The number of benzene rings is 1. The Hall–Kier alpha value is -3.13. The van der Waals surface area contributed by atoms with Crippen molar-refractivity contribution in [2.75, 3.05) is 56.9 Å². The van der Waals surface area contributed by atoms with Crippen LogP contribution in [-0.4, -0.2) is 62.1 Å². The van der Waals surface area contributed by atoms with E-state index in [1.807, 2.05) is 39.3 Å². The number of carbonyl (C=O) groups excluding carboxylic acids is 1. The van der Waals surface area contributed by atoms with Gasteiger partial charge in [0.15, 0.2) is 0 Å². The van der Waals surface area contributed by atoms with Crippen LogP contribution in [0.3, 0.4) is 0 Å². The lowest BCUT2D eigenvalue weighted by molar-refractivity contribution is -0.111. The molecule has 2 rings (SSSR count). The van der Waals surface area contributed by atoms with Gasteiger partial charge in [-0.05, 0) is 45.1 Å². The smallest absolute Gasteiger partial charge is 0.247 e. The number of anilines is 4. The number of likely N-dealkylation sites (N-methyl/N-ethyl adjacent to an activating group) is 2. The van der Waals surface area contributed by atoms with Crippen LogP contribution in [0.1, 0.15) is 31.9 Å². The molecule has 0 spiro atoms. The van der Waals surface area contributed by atoms with Gasteiger partial charge in [0.2, 0.25) is 11.9 Å². The monoisotopic (exact) mass is 440 g/mol. The zero-order valence-corrected chi connectivity index (χ0v) is 19.9. The maximum Gasteiger partial charge on any atom is 0.247 e. The third-order valence-electron chi connectivity index (χ3n) is 5.05. The van der Waals surface area contributed by atoms with Gasteiger partial charge in [-0.2, -0.15) is 0 Å². The fourth-order valence-electron chi connectivity index (χ4n) is 3.18. The van der Waals surface area contributed by atoms with Gasteiger partial charge in [-0.3, -0.25) is 4.79 Å². The number of carbonyl (C=O) groups is 1. The van der Waals surface area contributed by atoms with Crippen molar-refractivity contribution >= 4 is 28.9 Å². The minimum Gasteiger partial charge on any atom is -0.494 e. The third-order valence-corrected chi connectivity index (χ3v) is 5.05. The molecule has 8 heteroatoms. The summed E-state index contributed by atoms with van der Waals surface area (Å²) in [7, 11) is 7.66. The summed E-state index contributed by atoms with van der Waals surface area (Å²) >= 11 is 0. The summed E-state index contributed by atoms with van der Waals surface area (Å²) in [6, 6.07) is 5.69. The third kappa shape index (κ3) is 7.53. The Bertz CT molecular complexity index is 900. The number of ether oxygens (including phenoxy) is 1. The summed E-state index contributed by atoms with van der Waals surface area (Å²) in [5.41, 5.74) is 3.16. The number of aromatic nitrogens is 2. The molecule has 32 heavy (non-hydrogen) atoms. The van der Waals surface area contributed by atoms with E-state index in [4.69, 9.17) is 4.74 Å². The Kier molecular flexibility index (Phi) is 9.94. The molecule has 2 aromatic rings. The maximum absolute atomic E-state index is 12.1. The lowest BCUT2D eigenvalue weighted by Crippen LogP contribution is -2.29. The van der Waals surface area contributed by atoms with Gasteiger partial charge >= 0.3 is 0 Å². The number of amides is 1. The fraction of sp³-hybridized carbons (Fsp3) is 0.458. The van der Waals surface area contributed by atoms with Crippen LogP contribution < -0.4 is 20.3 Å². The molecule has 1 heterocycles. The van der Waals surface area contributed by atoms with E-state index in [-0.39, 0.29) is 5.91 Å². The molecule has 0 unspecified atom stereocenters. The van der Waals surface area contributed by atoms with E-state index >= 15 is 0 Å². The molecule has 0 bridgehead atoms. The number of unbranched alkanes of at least 4 members (excludes halogenated alkanes) is 2. The second kappa shape index (κ2) is 12.7. The first-order valence-electron chi connectivity index (χ1n) is 11.0. The van der Waals surface area contributed by atoms with Crippen LogP contribution in [0.15, 0.2) is 37.1 Å². The predicted octanol–water partition coefficient (Wildman–Crippen LogP) is 4.08. The van der Waals surface area contributed by atoms with Gasteiger partial charge in [-0.15, -0.1) is 0 Å². The summed E-state index contributed by atoms with van der Waals surface area (Å²) in [5, 5.41) is 6.15. The van der Waals surface area contributed by atoms with Crippen molar-refractivity contribution in [1.82, 2.24) is 14.9 Å². The number of nitrogens with one attached hydrogen (secondary N) is 2. The van der Waals surface area contributed by atoms with Crippen LogP contribution in [0, 0.1) is 0 Å². The fourth-order valence-corrected chi connectivity index (χ4v) is 3.18. The molecule has 0 aliphatic heterocycles. The summed E-state index contributed by atoms with van der Waals surface area (Å²) in [6.07, 6.45) is 7.37. The van der Waals surface area contributed by atoms with E-state index in [0.717, 1.165) is 37.3 Å². The number of hydrogen-bond donors (Lipinski definition) is 2. The molecule has 1 aromatic carbocycles. The quantitative estimate of drug-likeness (QED) is 0.359. The van der Waals surface area contributed by atoms with Gasteiger partial charge in [0.1, 0.15) is 5.75 Å². The molecule has 0 aliphatic rings. The first-order valence-corrected chi connectivity index (χ1v) is 11.0. The van der Waals surface area contributed by atoms with Crippen LogP contribution in [0.2, 0.25) is 0 Å². The number of aryl methyl sites for hydroxylation is 1. The molecule has 174 valence electrons. The molecule has 0 atom stereocenters. The highest BCUT2D eigenvalue weighted by Gasteiger charge is 2.16. The minimum absolute atomic E-state index is 0.280. The Morgan fingerprint density at radius 1 is 1.19 bits per heavy atom. The SMILES string of the molecule is C=CC(=O)Nc1cc(Nc2nccc(CCCCC)n2)c(OC)cc1N(C)CCN(C)C. The van der Waals surface area contributed by atoms with Gasteiger partial charge in [0.05, 0.1) is 24.2 Å². The molecular weight excluding hydrogens is 404 g/mol. The standard InChI is InChI=1S/C24H36N6O2/c1-7-9-10-11-18-12-13-25-24(26-18)28-20-16-19(27-23(31)8-2)21(17-22(20)32-6)30(5)15-14-29(3)4/h8,12-13,16-17H,2,7,9-11,14-15H2,1,3-6H3,(H,27,31)(H,25,26,28). The Labute approximate surface area is 191 Å². The Balaban J connectivity index is 2.35. The van der Waals surface area contributed by atoms with Gasteiger partial charge in [-0.25, -0.2) is 9.97 Å². The second-order valence-corrected chi connectivity index (χ2v) is 7.94. The largest absolute Gasteiger partial charge is 0.494 e. The normalized spacial score (nSPS) is 10.7. The molecule has 8 nitrogen and oxygen atoms in total. The van der Waals surface area contributed by atoms with E-state index in [0.29, 0.717) is 23.1 Å². The van der Waals surface area contributed by atoms with E-state index in [1.54, 1.807) is 13.3 Å². The topological polar surface area (TPSA) is 82.6 Å². The van der Waals surface area contributed by atoms with Crippen molar-refractivity contribution in [2.45, 2.75) is 32.6 Å². The van der Waals surface area contributed by atoms with Crippen LogP contribution in [0.25, 0.3) is 0 Å². The average Bonchev–Trinajstić information content (AvgIpc) is 2.78. The van der Waals surface area contributed by atoms with Gasteiger partial charge in [0, 0.05) is 38.1 Å². The zero-order chi connectivity index (χ0) is 23.5. The highest BCUT2D eigenvalue weighted by atomic mass is 16.5. The van der Waals surface area contributed by atoms with Gasteiger partial charge in [-0.1, -0.05) is 26.3 Å². The number of hydrogen-bond acceptors (Lipinski definition) is 7. The molecule has 1 amide bonds. The van der Waals surface area contributed by atoms with E-state index in [1.165, 1.54) is 18.9 Å². The van der Waals surface area contributed by atoms with Crippen LogP contribution in [0.5, 0.6) is 5.75 Å². The van der Waals surface area contributed by atoms with E-state index < -0.39 is 0 Å². The first-order chi connectivity index (χ1) is 15.4. The van der Waals surface area contributed by atoms with Crippen molar-refractivity contribution in [3.63, 3.8) is 0 Å². The molecule has 1 aromatic heterocycles. The van der Waals surface area contributed by atoms with Crippen molar-refractivity contribution in [2.24, 2.45) is 0 Å². The van der Waals surface area contributed by atoms with Crippen molar-refractivity contribution in [1.29, 1.82) is 0 Å². The highest BCUT2D eigenvalue weighted by molar-refractivity contribution is 6.02. The molecule has 0 aliphatic carbocycles. The minimum atomic E-state index is -0.280. The number of methoxy groups -OCH3 is 1. The predicted molar refractivity (Wildman–Crippen MR) is 132 cm³/mol. The van der Waals surface area contributed by atoms with Crippen molar-refractivity contribution < 1.29 is 9.53 Å². The first kappa shape index (κ1) is 25.1. The van der Waals surface area contributed by atoms with Gasteiger partial charge in [0.25, 0.3) is 0 Å². The van der Waals surface area contributed by atoms with E-state index in [9.17, 15) is 4.79 Å². The summed E-state index contributed by atoms with van der Waals surface area (Å²) in [4.78, 5) is 25.3. The Morgan fingerprint density at radius 2 is 1.97 bits per heavy atom. The number of rotatable bonds is 13.